The van der Waals surface area contributed by atoms with Gasteiger partial charge in [-0.3, -0.25) is 9.48 Å². The van der Waals surface area contributed by atoms with Gasteiger partial charge < -0.3 is 14.4 Å². The summed E-state index contributed by atoms with van der Waals surface area (Å²) in [6.07, 6.45) is 6.29. The Morgan fingerprint density at radius 3 is 3.08 bits per heavy atom. The van der Waals surface area contributed by atoms with E-state index in [1.807, 2.05) is 51.5 Å². The van der Waals surface area contributed by atoms with Crippen molar-refractivity contribution < 1.29 is 9.90 Å². The molecule has 130 valence electrons. The van der Waals surface area contributed by atoms with Crippen molar-refractivity contribution in [2.75, 3.05) is 6.54 Å². The van der Waals surface area contributed by atoms with Crippen LogP contribution in [0.15, 0.2) is 36.8 Å². The molecule has 0 bridgehead atoms. The molecule has 1 unspecified atom stereocenters. The van der Waals surface area contributed by atoms with Crippen LogP contribution in [0.3, 0.4) is 0 Å². The van der Waals surface area contributed by atoms with Crippen molar-refractivity contribution in [3.63, 3.8) is 0 Å². The molecule has 0 spiro atoms. The number of aromatic nitrogens is 4. The first-order valence-electron chi connectivity index (χ1n) is 8.62. The second-order valence-electron chi connectivity index (χ2n) is 6.40. The number of rotatable bonds is 3. The van der Waals surface area contributed by atoms with Gasteiger partial charge in [0.25, 0.3) is 5.91 Å². The second-order valence-corrected chi connectivity index (χ2v) is 6.40. The summed E-state index contributed by atoms with van der Waals surface area (Å²) in [6.45, 7) is 3.88. The highest BCUT2D eigenvalue weighted by atomic mass is 16.3. The molecule has 0 saturated heterocycles. The summed E-state index contributed by atoms with van der Waals surface area (Å²) >= 11 is 0. The fourth-order valence-corrected chi connectivity index (χ4v) is 3.26. The Bertz CT molecular complexity index is 913. The summed E-state index contributed by atoms with van der Waals surface area (Å²) in [4.78, 5) is 19.0. The van der Waals surface area contributed by atoms with Gasteiger partial charge in [-0.25, -0.2) is 4.98 Å². The fraction of sp³-hybridized carbons (Fsp3) is 0.389. The lowest BCUT2D eigenvalue weighted by Crippen LogP contribution is -2.30. The Kier molecular flexibility index (Phi) is 4.01. The molecule has 0 saturated carbocycles. The molecule has 1 aliphatic heterocycles. The lowest BCUT2D eigenvalue weighted by Gasteiger charge is -2.20. The van der Waals surface area contributed by atoms with Crippen LogP contribution in [-0.4, -0.2) is 41.6 Å². The molecule has 0 aliphatic carbocycles. The molecule has 4 rings (SSSR count). The highest BCUT2D eigenvalue weighted by Gasteiger charge is 2.23. The van der Waals surface area contributed by atoms with E-state index in [-0.39, 0.29) is 5.91 Å². The number of pyridine rings is 1. The molecule has 0 fully saturated rings. The Labute approximate surface area is 145 Å². The van der Waals surface area contributed by atoms with Gasteiger partial charge in [-0.15, -0.1) is 0 Å². The number of fused-ring (bicyclic) bond motifs is 2. The van der Waals surface area contributed by atoms with Crippen LogP contribution in [0.1, 0.15) is 47.6 Å². The number of imidazole rings is 1. The lowest BCUT2D eigenvalue weighted by molar-refractivity contribution is 0.0745. The molecule has 0 aromatic carbocycles. The van der Waals surface area contributed by atoms with Crippen LogP contribution >= 0.6 is 0 Å². The summed E-state index contributed by atoms with van der Waals surface area (Å²) < 4.78 is 3.77. The van der Waals surface area contributed by atoms with E-state index in [9.17, 15) is 9.90 Å². The fourth-order valence-electron chi connectivity index (χ4n) is 3.26. The minimum atomic E-state index is -0.549. The monoisotopic (exact) mass is 339 g/mol. The number of amides is 1. The van der Waals surface area contributed by atoms with E-state index >= 15 is 0 Å². The number of hydrogen-bond acceptors (Lipinski definition) is 4. The van der Waals surface area contributed by atoms with Crippen molar-refractivity contribution in [3.05, 3.63) is 53.7 Å². The molecule has 4 heterocycles. The van der Waals surface area contributed by atoms with Crippen molar-refractivity contribution in [2.24, 2.45) is 0 Å². The summed E-state index contributed by atoms with van der Waals surface area (Å²) in [5, 5.41) is 14.5. The molecular formula is C18H21N5O2. The molecular weight excluding hydrogens is 318 g/mol. The quantitative estimate of drug-likeness (QED) is 0.792. The number of aryl methyl sites for hydroxylation is 1. The Balaban J connectivity index is 1.59. The minimum Gasteiger partial charge on any atom is -0.387 e. The van der Waals surface area contributed by atoms with Crippen LogP contribution in [0.5, 0.6) is 0 Å². The number of nitrogens with zero attached hydrogens (tertiary/aromatic N) is 5. The normalized spacial score (nSPS) is 15.8. The Hall–Kier alpha value is -2.67. The van der Waals surface area contributed by atoms with E-state index in [1.165, 1.54) is 0 Å². The van der Waals surface area contributed by atoms with Gasteiger partial charge in [-0.2, -0.15) is 5.10 Å². The highest BCUT2D eigenvalue weighted by molar-refractivity contribution is 5.94. The first kappa shape index (κ1) is 15.8. The third-order valence-electron chi connectivity index (χ3n) is 4.68. The molecule has 1 aliphatic rings. The largest absolute Gasteiger partial charge is 0.387 e. The van der Waals surface area contributed by atoms with Gasteiger partial charge in [-0.1, -0.05) is 6.92 Å². The number of aliphatic hydroxyl groups is 1. The molecule has 7 heteroatoms. The first-order chi connectivity index (χ1) is 12.2. The van der Waals surface area contributed by atoms with Crippen LogP contribution in [0, 0.1) is 0 Å². The zero-order chi connectivity index (χ0) is 17.4. The van der Waals surface area contributed by atoms with Crippen LogP contribution in [0.25, 0.3) is 5.65 Å². The number of carbonyl (C=O) groups is 1. The van der Waals surface area contributed by atoms with Crippen molar-refractivity contribution in [2.45, 2.75) is 39.0 Å². The van der Waals surface area contributed by atoms with Crippen LogP contribution < -0.4 is 0 Å². The second kappa shape index (κ2) is 6.33. The van der Waals surface area contributed by atoms with E-state index < -0.39 is 6.10 Å². The maximum Gasteiger partial charge on any atom is 0.255 e. The van der Waals surface area contributed by atoms with Gasteiger partial charge in [0.15, 0.2) is 0 Å². The molecule has 1 amide bonds. The number of hydrogen-bond donors (Lipinski definition) is 1. The van der Waals surface area contributed by atoms with Gasteiger partial charge in [0, 0.05) is 31.7 Å². The zero-order valence-corrected chi connectivity index (χ0v) is 14.2. The SMILES string of the molecule is CCC(O)c1cc2n(n1)CCCN(C(=O)c1ccc3nccn3c1)C2. The lowest BCUT2D eigenvalue weighted by atomic mass is 10.2. The molecule has 25 heavy (non-hydrogen) atoms. The zero-order valence-electron chi connectivity index (χ0n) is 14.2. The summed E-state index contributed by atoms with van der Waals surface area (Å²) in [7, 11) is 0. The maximum atomic E-state index is 12.9. The van der Waals surface area contributed by atoms with Crippen molar-refractivity contribution in [1.82, 2.24) is 24.1 Å². The van der Waals surface area contributed by atoms with Gasteiger partial charge in [-0.05, 0) is 31.0 Å². The number of aliphatic hydroxyl groups excluding tert-OH is 1. The number of carbonyl (C=O) groups excluding carboxylic acids is 1. The Morgan fingerprint density at radius 2 is 2.24 bits per heavy atom. The third kappa shape index (κ3) is 2.91. The van der Waals surface area contributed by atoms with Crippen molar-refractivity contribution in [1.29, 1.82) is 0 Å². The van der Waals surface area contributed by atoms with E-state index in [4.69, 9.17) is 0 Å². The maximum absolute atomic E-state index is 12.9. The van der Waals surface area contributed by atoms with Crippen molar-refractivity contribution in [3.8, 4) is 0 Å². The van der Waals surface area contributed by atoms with E-state index in [1.54, 1.807) is 6.20 Å². The van der Waals surface area contributed by atoms with Crippen molar-refractivity contribution >= 4 is 11.6 Å². The summed E-state index contributed by atoms with van der Waals surface area (Å²) in [6, 6.07) is 5.59. The predicted molar refractivity (Wildman–Crippen MR) is 92.0 cm³/mol. The minimum absolute atomic E-state index is 0.00263. The van der Waals surface area contributed by atoms with Gasteiger partial charge >= 0.3 is 0 Å². The average molecular weight is 339 g/mol. The molecule has 1 N–H and O–H groups in total. The molecule has 3 aromatic heterocycles. The van der Waals surface area contributed by atoms with Gasteiger partial charge in [0.1, 0.15) is 5.65 Å². The predicted octanol–water partition coefficient (Wildman–Crippen LogP) is 2.02. The highest BCUT2D eigenvalue weighted by Crippen LogP contribution is 2.21. The van der Waals surface area contributed by atoms with Crippen LogP contribution in [0.2, 0.25) is 0 Å². The molecule has 1 atom stereocenters. The standard InChI is InChI=1S/C18H21N5O2/c1-2-16(24)15-10-14-12-22(7-3-8-23(14)20-15)18(25)13-4-5-17-19-6-9-21(17)11-13/h4-6,9-11,16,24H,2-3,7-8,12H2,1H3. The summed E-state index contributed by atoms with van der Waals surface area (Å²) in [5.41, 5.74) is 3.12. The van der Waals surface area contributed by atoms with Gasteiger partial charge in [0.05, 0.1) is 29.6 Å². The molecule has 3 aromatic rings. The first-order valence-corrected chi connectivity index (χ1v) is 8.62. The Morgan fingerprint density at radius 1 is 1.36 bits per heavy atom. The van der Waals surface area contributed by atoms with Crippen LogP contribution in [-0.2, 0) is 13.1 Å². The average Bonchev–Trinajstić information content (AvgIpc) is 3.21. The molecule has 0 radical (unpaired) electrons. The smallest absolute Gasteiger partial charge is 0.255 e. The summed E-state index contributed by atoms with van der Waals surface area (Å²) in [5.74, 6) is 0.00263. The topological polar surface area (TPSA) is 75.7 Å². The molecule has 7 nitrogen and oxygen atoms in total. The van der Waals surface area contributed by atoms with E-state index in [2.05, 4.69) is 10.1 Å². The van der Waals surface area contributed by atoms with E-state index in [0.29, 0.717) is 30.8 Å². The van der Waals surface area contributed by atoms with E-state index in [0.717, 1.165) is 24.3 Å². The van der Waals surface area contributed by atoms with Crippen LogP contribution in [0.4, 0.5) is 0 Å². The third-order valence-corrected chi connectivity index (χ3v) is 4.68. The van der Waals surface area contributed by atoms with Gasteiger partial charge in [0.2, 0.25) is 0 Å².